The minimum absolute atomic E-state index is 0.293. The van der Waals surface area contributed by atoms with Gasteiger partial charge in [-0.1, -0.05) is 19.1 Å². The number of nitrogens with one attached hydrogen (secondary N) is 1. The predicted octanol–water partition coefficient (Wildman–Crippen LogP) is 3.53. The van der Waals surface area contributed by atoms with Gasteiger partial charge in [0.25, 0.3) is 0 Å². The van der Waals surface area contributed by atoms with Gasteiger partial charge in [0.15, 0.2) is 11.5 Å². The first-order valence-corrected chi connectivity index (χ1v) is 7.30. The molecule has 4 N–H and O–H groups in total. The summed E-state index contributed by atoms with van der Waals surface area (Å²) >= 11 is 1.73. The molecule has 0 fully saturated rings. The van der Waals surface area contributed by atoms with Crippen LogP contribution < -0.4 is 5.32 Å². The second kappa shape index (κ2) is 6.43. The summed E-state index contributed by atoms with van der Waals surface area (Å²) in [4.78, 5) is 1.14. The molecule has 0 amide bonds. The molecule has 0 aliphatic heterocycles. The number of hydrogen-bond donors (Lipinski definition) is 4. The molecule has 2 rings (SSSR count). The van der Waals surface area contributed by atoms with E-state index in [4.69, 9.17) is 0 Å². The van der Waals surface area contributed by atoms with Gasteiger partial charge in [0.05, 0.1) is 0 Å². The van der Waals surface area contributed by atoms with Crippen molar-refractivity contribution in [3.05, 3.63) is 42.0 Å². The molecule has 0 bridgehead atoms. The van der Waals surface area contributed by atoms with Crippen molar-refractivity contribution >= 4 is 17.4 Å². The smallest absolute Gasteiger partial charge is 0.200 e. The van der Waals surface area contributed by atoms with E-state index in [2.05, 4.69) is 12.2 Å². The van der Waals surface area contributed by atoms with E-state index < -0.39 is 5.75 Å². The minimum atomic E-state index is -0.486. The standard InChI is InChI=1S/C15H17NO3S/c1-2-20-13-6-4-3-5-11(13)16-9-10-7-8-12(17)15(19)14(10)18/h3-8,16-19H,2,9H2,1H3. The van der Waals surface area contributed by atoms with Crippen molar-refractivity contribution in [3.63, 3.8) is 0 Å². The quantitative estimate of drug-likeness (QED) is 0.501. The Morgan fingerprint density at radius 3 is 2.50 bits per heavy atom. The maximum absolute atomic E-state index is 9.77. The van der Waals surface area contributed by atoms with Crippen LogP contribution >= 0.6 is 11.8 Å². The number of anilines is 1. The van der Waals surface area contributed by atoms with E-state index >= 15 is 0 Å². The largest absolute Gasteiger partial charge is 0.504 e. The van der Waals surface area contributed by atoms with Gasteiger partial charge in [-0.25, -0.2) is 0 Å². The molecule has 106 valence electrons. The Morgan fingerprint density at radius 1 is 1.00 bits per heavy atom. The molecule has 0 aromatic heterocycles. The van der Waals surface area contributed by atoms with Crippen LogP contribution in [0.1, 0.15) is 12.5 Å². The molecule has 5 heteroatoms. The molecule has 20 heavy (non-hydrogen) atoms. The zero-order chi connectivity index (χ0) is 14.5. The van der Waals surface area contributed by atoms with Crippen LogP contribution in [-0.4, -0.2) is 21.1 Å². The Kier molecular flexibility index (Phi) is 4.63. The molecule has 2 aromatic rings. The Bertz CT molecular complexity index is 602. The lowest BCUT2D eigenvalue weighted by atomic mass is 10.1. The fourth-order valence-electron chi connectivity index (χ4n) is 1.84. The topological polar surface area (TPSA) is 72.7 Å². The first-order valence-electron chi connectivity index (χ1n) is 6.32. The van der Waals surface area contributed by atoms with E-state index in [9.17, 15) is 15.3 Å². The second-order valence-electron chi connectivity index (χ2n) is 4.22. The maximum Gasteiger partial charge on any atom is 0.200 e. The lowest BCUT2D eigenvalue weighted by Crippen LogP contribution is -2.01. The molecule has 0 aliphatic rings. The van der Waals surface area contributed by atoms with Crippen molar-refractivity contribution in [2.75, 3.05) is 11.1 Å². The SMILES string of the molecule is CCSc1ccccc1NCc1ccc(O)c(O)c1O. The highest BCUT2D eigenvalue weighted by Gasteiger charge is 2.11. The number of thioether (sulfide) groups is 1. The lowest BCUT2D eigenvalue weighted by molar-refractivity contribution is 0.365. The first-order chi connectivity index (χ1) is 9.63. The van der Waals surface area contributed by atoms with Crippen LogP contribution in [0.25, 0.3) is 0 Å². The Labute approximate surface area is 122 Å². The Hall–Kier alpha value is -2.01. The van der Waals surface area contributed by atoms with Gasteiger partial charge >= 0.3 is 0 Å². The molecule has 2 aromatic carbocycles. The predicted molar refractivity (Wildman–Crippen MR) is 81.6 cm³/mol. The van der Waals surface area contributed by atoms with Gasteiger partial charge in [-0.15, -0.1) is 11.8 Å². The second-order valence-corrected chi connectivity index (χ2v) is 5.53. The van der Waals surface area contributed by atoms with Gasteiger partial charge in [-0.05, 0) is 30.0 Å². The molecule has 0 heterocycles. The summed E-state index contributed by atoms with van der Waals surface area (Å²) in [5.74, 6) is -0.129. The van der Waals surface area contributed by atoms with E-state index in [0.29, 0.717) is 12.1 Å². The van der Waals surface area contributed by atoms with E-state index in [1.54, 1.807) is 17.8 Å². The van der Waals surface area contributed by atoms with Crippen LogP contribution in [0.5, 0.6) is 17.2 Å². The van der Waals surface area contributed by atoms with Crippen molar-refractivity contribution in [1.82, 2.24) is 0 Å². The number of phenols is 3. The van der Waals surface area contributed by atoms with Crippen LogP contribution in [0.15, 0.2) is 41.3 Å². The minimum Gasteiger partial charge on any atom is -0.504 e. The number of para-hydroxylation sites is 1. The van der Waals surface area contributed by atoms with E-state index in [1.807, 2.05) is 24.3 Å². The van der Waals surface area contributed by atoms with Crippen LogP contribution in [-0.2, 0) is 6.54 Å². The van der Waals surface area contributed by atoms with Crippen molar-refractivity contribution < 1.29 is 15.3 Å². The number of benzene rings is 2. The summed E-state index contributed by atoms with van der Waals surface area (Å²) in [6.45, 7) is 2.45. The third-order valence-electron chi connectivity index (χ3n) is 2.87. The highest BCUT2D eigenvalue weighted by molar-refractivity contribution is 7.99. The summed E-state index contributed by atoms with van der Waals surface area (Å²) < 4.78 is 0. The van der Waals surface area contributed by atoms with Gasteiger partial charge in [0, 0.05) is 22.7 Å². The number of hydrogen-bond acceptors (Lipinski definition) is 5. The number of rotatable bonds is 5. The fraction of sp³-hybridized carbons (Fsp3) is 0.200. The molecule has 0 saturated heterocycles. The van der Waals surface area contributed by atoms with Gasteiger partial charge in [0.2, 0.25) is 5.75 Å². The fourth-order valence-corrected chi connectivity index (χ4v) is 2.62. The summed E-state index contributed by atoms with van der Waals surface area (Å²) in [5, 5.41) is 31.8. The van der Waals surface area contributed by atoms with E-state index in [1.165, 1.54) is 6.07 Å². The molecule has 0 radical (unpaired) electrons. The van der Waals surface area contributed by atoms with Crippen molar-refractivity contribution in [2.24, 2.45) is 0 Å². The summed E-state index contributed by atoms with van der Waals surface area (Å²) in [6, 6.07) is 10.9. The normalized spacial score (nSPS) is 10.4. The van der Waals surface area contributed by atoms with E-state index in [0.717, 1.165) is 16.3 Å². The molecule has 4 nitrogen and oxygen atoms in total. The maximum atomic E-state index is 9.77. The average Bonchev–Trinajstić information content (AvgIpc) is 2.46. The van der Waals surface area contributed by atoms with Crippen LogP contribution in [0, 0.1) is 0 Å². The van der Waals surface area contributed by atoms with Gasteiger partial charge in [-0.3, -0.25) is 0 Å². The van der Waals surface area contributed by atoms with Crippen LogP contribution in [0.4, 0.5) is 5.69 Å². The van der Waals surface area contributed by atoms with Crippen LogP contribution in [0.3, 0.4) is 0 Å². The third-order valence-corrected chi connectivity index (χ3v) is 3.83. The first kappa shape index (κ1) is 14.4. The van der Waals surface area contributed by atoms with Crippen molar-refractivity contribution in [3.8, 4) is 17.2 Å². The monoisotopic (exact) mass is 291 g/mol. The highest BCUT2D eigenvalue weighted by Crippen LogP contribution is 2.37. The Balaban J connectivity index is 2.15. The van der Waals surface area contributed by atoms with Gasteiger partial charge in [0.1, 0.15) is 0 Å². The lowest BCUT2D eigenvalue weighted by Gasteiger charge is -2.12. The molecular weight excluding hydrogens is 274 g/mol. The van der Waals surface area contributed by atoms with Crippen LogP contribution in [0.2, 0.25) is 0 Å². The van der Waals surface area contributed by atoms with Gasteiger partial charge in [-0.2, -0.15) is 0 Å². The summed E-state index contributed by atoms with van der Waals surface area (Å²) in [6.07, 6.45) is 0. The molecule has 0 saturated carbocycles. The summed E-state index contributed by atoms with van der Waals surface area (Å²) in [5.41, 5.74) is 1.50. The third kappa shape index (κ3) is 3.11. The van der Waals surface area contributed by atoms with Crippen molar-refractivity contribution in [1.29, 1.82) is 0 Å². The molecule has 0 aliphatic carbocycles. The van der Waals surface area contributed by atoms with Crippen molar-refractivity contribution in [2.45, 2.75) is 18.4 Å². The molecular formula is C15H17NO3S. The average molecular weight is 291 g/mol. The molecule has 0 unspecified atom stereocenters. The Morgan fingerprint density at radius 2 is 1.75 bits per heavy atom. The highest BCUT2D eigenvalue weighted by atomic mass is 32.2. The number of aromatic hydroxyl groups is 3. The van der Waals surface area contributed by atoms with E-state index in [-0.39, 0.29) is 11.5 Å². The zero-order valence-electron chi connectivity index (χ0n) is 11.1. The molecule has 0 spiro atoms. The van der Waals surface area contributed by atoms with Gasteiger partial charge < -0.3 is 20.6 Å². The number of phenolic OH excluding ortho intramolecular Hbond substituents is 3. The summed E-state index contributed by atoms with van der Waals surface area (Å²) in [7, 11) is 0. The molecule has 0 atom stereocenters. The zero-order valence-corrected chi connectivity index (χ0v) is 11.9.